The van der Waals surface area contributed by atoms with Gasteiger partial charge in [0.05, 0.1) is 0 Å². The van der Waals surface area contributed by atoms with Crippen molar-refractivity contribution in [2.24, 2.45) is 22.1 Å². The van der Waals surface area contributed by atoms with Gasteiger partial charge in [0.1, 0.15) is 17.4 Å². The number of benzene rings is 1. The molecule has 4 rings (SSSR count). The molecule has 1 fully saturated rings. The fraction of sp³-hybridized carbons (Fsp3) is 0.600. The van der Waals surface area contributed by atoms with Crippen LogP contribution in [0.15, 0.2) is 27.7 Å². The summed E-state index contributed by atoms with van der Waals surface area (Å²) < 4.78 is 7.40. The first-order chi connectivity index (χ1) is 12.7. The molecule has 2 heterocycles. The first-order valence-corrected chi connectivity index (χ1v) is 11.2. The third-order valence-electron chi connectivity index (χ3n) is 5.85. The highest BCUT2D eigenvalue weighted by atomic mass is 79.9. The lowest BCUT2D eigenvalue weighted by atomic mass is 9.67. The second kappa shape index (κ2) is 6.69. The Hall–Kier alpha value is -1.21. The van der Waals surface area contributed by atoms with E-state index >= 15 is 0 Å². The van der Waals surface area contributed by atoms with Crippen LogP contribution in [0.25, 0.3) is 0 Å². The fourth-order valence-electron chi connectivity index (χ4n) is 4.40. The van der Waals surface area contributed by atoms with Crippen LogP contribution in [-0.2, 0) is 10.3 Å². The van der Waals surface area contributed by atoms with Crippen LogP contribution in [-0.4, -0.2) is 29.0 Å². The number of carbonyl (C=O) groups is 1. The van der Waals surface area contributed by atoms with E-state index in [0.29, 0.717) is 5.17 Å². The SMILES string of the molecule is CC(C)(C)C(=O)N[C@@H]1CC[C@@H]2Oc3ccc(Br)cc3C3(CSC(N)=N3)[C@H]2C1. The second-order valence-corrected chi connectivity index (χ2v) is 10.7. The zero-order valence-electron chi connectivity index (χ0n) is 15.9. The van der Waals surface area contributed by atoms with Crippen LogP contribution in [0.5, 0.6) is 5.75 Å². The smallest absolute Gasteiger partial charge is 0.225 e. The third-order valence-corrected chi connectivity index (χ3v) is 7.32. The molecule has 1 aromatic rings. The summed E-state index contributed by atoms with van der Waals surface area (Å²) >= 11 is 5.21. The quantitative estimate of drug-likeness (QED) is 0.680. The Morgan fingerprint density at radius 3 is 2.85 bits per heavy atom. The Kier molecular flexibility index (Phi) is 4.74. The first-order valence-electron chi connectivity index (χ1n) is 9.45. The Bertz CT molecular complexity index is 807. The molecule has 146 valence electrons. The molecule has 0 radical (unpaired) electrons. The summed E-state index contributed by atoms with van der Waals surface area (Å²) in [6.07, 6.45) is 2.81. The van der Waals surface area contributed by atoms with Gasteiger partial charge in [-0.1, -0.05) is 48.5 Å². The van der Waals surface area contributed by atoms with Crippen LogP contribution >= 0.6 is 27.7 Å². The minimum absolute atomic E-state index is 0.101. The monoisotopic (exact) mass is 451 g/mol. The van der Waals surface area contributed by atoms with Gasteiger partial charge in [-0.05, 0) is 37.5 Å². The van der Waals surface area contributed by atoms with E-state index in [1.165, 1.54) is 0 Å². The molecule has 27 heavy (non-hydrogen) atoms. The van der Waals surface area contributed by atoms with E-state index in [2.05, 4.69) is 27.3 Å². The number of amides is 1. The fourth-order valence-corrected chi connectivity index (χ4v) is 5.79. The number of thioether (sulfide) groups is 1. The summed E-state index contributed by atoms with van der Waals surface area (Å²) in [5.74, 6) is 2.04. The van der Waals surface area contributed by atoms with Gasteiger partial charge in [0, 0.05) is 33.2 Å². The van der Waals surface area contributed by atoms with Crippen molar-refractivity contribution >= 4 is 38.8 Å². The molecule has 1 unspecified atom stereocenters. The number of ether oxygens (including phenoxy) is 1. The molecule has 0 saturated heterocycles. The van der Waals surface area contributed by atoms with Gasteiger partial charge < -0.3 is 15.8 Å². The Balaban J connectivity index is 1.68. The maximum absolute atomic E-state index is 12.5. The van der Waals surface area contributed by atoms with E-state index in [4.69, 9.17) is 15.5 Å². The molecule has 1 aliphatic carbocycles. The van der Waals surface area contributed by atoms with E-state index in [0.717, 1.165) is 40.8 Å². The van der Waals surface area contributed by atoms with Crippen molar-refractivity contribution in [2.75, 3.05) is 5.75 Å². The number of fused-ring (bicyclic) bond motifs is 4. The average Bonchev–Trinajstić information content (AvgIpc) is 2.98. The molecule has 3 N–H and O–H groups in total. The van der Waals surface area contributed by atoms with Gasteiger partial charge in [0.25, 0.3) is 0 Å². The Labute approximate surface area is 173 Å². The number of hydrogen-bond acceptors (Lipinski definition) is 5. The minimum atomic E-state index is -0.388. The van der Waals surface area contributed by atoms with Gasteiger partial charge >= 0.3 is 0 Å². The van der Waals surface area contributed by atoms with E-state index in [1.807, 2.05) is 32.9 Å². The highest BCUT2D eigenvalue weighted by molar-refractivity contribution is 9.10. The van der Waals surface area contributed by atoms with Gasteiger partial charge in [-0.15, -0.1) is 0 Å². The van der Waals surface area contributed by atoms with Gasteiger partial charge in [-0.2, -0.15) is 0 Å². The summed E-state index contributed by atoms with van der Waals surface area (Å²) in [5.41, 5.74) is 6.46. The van der Waals surface area contributed by atoms with E-state index in [1.54, 1.807) is 11.8 Å². The molecule has 4 atom stereocenters. The molecule has 2 aliphatic heterocycles. The number of nitrogens with two attached hydrogens (primary N) is 1. The maximum Gasteiger partial charge on any atom is 0.225 e. The summed E-state index contributed by atoms with van der Waals surface area (Å²) in [6.45, 7) is 5.85. The van der Waals surface area contributed by atoms with Crippen LogP contribution in [0.1, 0.15) is 45.6 Å². The van der Waals surface area contributed by atoms with Crippen molar-refractivity contribution in [2.45, 2.75) is 57.7 Å². The zero-order valence-corrected chi connectivity index (χ0v) is 18.3. The molecule has 1 saturated carbocycles. The summed E-state index contributed by atoms with van der Waals surface area (Å²) in [4.78, 5) is 17.5. The Morgan fingerprint density at radius 2 is 2.19 bits per heavy atom. The van der Waals surface area contributed by atoms with Crippen molar-refractivity contribution in [3.63, 3.8) is 0 Å². The van der Waals surface area contributed by atoms with Crippen LogP contribution in [0.3, 0.4) is 0 Å². The predicted octanol–water partition coefficient (Wildman–Crippen LogP) is 3.80. The summed E-state index contributed by atoms with van der Waals surface area (Å²) in [7, 11) is 0. The second-order valence-electron chi connectivity index (χ2n) is 8.80. The lowest BCUT2D eigenvalue weighted by Gasteiger charge is -2.49. The molecule has 5 nitrogen and oxygen atoms in total. The van der Waals surface area contributed by atoms with E-state index in [9.17, 15) is 4.79 Å². The normalized spacial score (nSPS) is 32.3. The van der Waals surface area contributed by atoms with Gasteiger partial charge in [-0.25, -0.2) is 4.99 Å². The lowest BCUT2D eigenvalue weighted by molar-refractivity contribution is -0.130. The molecule has 1 spiro atoms. The van der Waals surface area contributed by atoms with Crippen LogP contribution in [0, 0.1) is 11.3 Å². The minimum Gasteiger partial charge on any atom is -0.490 e. The molecular formula is C20H26BrN3O2S. The largest absolute Gasteiger partial charge is 0.490 e. The third kappa shape index (κ3) is 3.37. The molecule has 0 bridgehead atoms. The molecule has 0 aromatic heterocycles. The number of rotatable bonds is 1. The zero-order chi connectivity index (χ0) is 19.4. The number of amidine groups is 1. The first kappa shape index (κ1) is 19.1. The molecule has 1 aromatic carbocycles. The highest BCUT2D eigenvalue weighted by Crippen LogP contribution is 2.54. The number of carbonyl (C=O) groups excluding carboxylic acids is 1. The maximum atomic E-state index is 12.5. The van der Waals surface area contributed by atoms with Crippen molar-refractivity contribution in [3.8, 4) is 5.75 Å². The highest BCUT2D eigenvalue weighted by Gasteiger charge is 2.54. The summed E-state index contributed by atoms with van der Waals surface area (Å²) in [6, 6.07) is 6.30. The molecule has 7 heteroatoms. The molecule has 1 amide bonds. The van der Waals surface area contributed by atoms with E-state index in [-0.39, 0.29) is 34.9 Å². The number of halogens is 1. The van der Waals surface area contributed by atoms with Crippen LogP contribution in [0.4, 0.5) is 0 Å². The van der Waals surface area contributed by atoms with Crippen molar-refractivity contribution in [1.82, 2.24) is 5.32 Å². The molecule has 3 aliphatic rings. The number of nitrogens with zero attached hydrogens (tertiary/aromatic N) is 1. The van der Waals surface area contributed by atoms with Crippen molar-refractivity contribution in [3.05, 3.63) is 28.2 Å². The average molecular weight is 452 g/mol. The lowest BCUT2D eigenvalue weighted by Crippen LogP contribution is -2.55. The van der Waals surface area contributed by atoms with E-state index < -0.39 is 0 Å². The molecular weight excluding hydrogens is 426 g/mol. The van der Waals surface area contributed by atoms with Gasteiger partial charge in [0.2, 0.25) is 5.91 Å². The van der Waals surface area contributed by atoms with Crippen molar-refractivity contribution < 1.29 is 9.53 Å². The topological polar surface area (TPSA) is 76.7 Å². The number of nitrogens with one attached hydrogen (secondary N) is 1. The van der Waals surface area contributed by atoms with Crippen LogP contribution in [0.2, 0.25) is 0 Å². The van der Waals surface area contributed by atoms with Gasteiger partial charge in [0.15, 0.2) is 5.17 Å². The number of aliphatic imine (C=N–C) groups is 1. The van der Waals surface area contributed by atoms with Crippen molar-refractivity contribution in [1.29, 1.82) is 0 Å². The standard InChI is InChI=1S/C20H26BrN3O2S/c1-19(2,3)17(25)23-12-5-7-16-14(9-12)20(10-27-18(22)24-20)13-8-11(21)4-6-15(13)26-16/h4,6,8,12,14,16H,5,7,9-10H2,1-3H3,(H2,22,24)(H,23,25)/t12-,14+,16+,20?/m1/s1. The summed E-state index contributed by atoms with van der Waals surface area (Å²) in [5, 5.41) is 3.90. The predicted molar refractivity (Wildman–Crippen MR) is 113 cm³/mol. The van der Waals surface area contributed by atoms with Crippen LogP contribution < -0.4 is 15.8 Å². The van der Waals surface area contributed by atoms with Gasteiger partial charge in [-0.3, -0.25) is 4.79 Å². The Morgan fingerprint density at radius 1 is 1.41 bits per heavy atom. The number of hydrogen-bond donors (Lipinski definition) is 2.